The molecule has 0 aromatic heterocycles. The van der Waals surface area contributed by atoms with Crippen LogP contribution < -0.4 is 0 Å². The number of carboxylic acid groups (broad SMARTS) is 1. The van der Waals surface area contributed by atoms with E-state index in [0.29, 0.717) is 13.1 Å². The molecule has 17 heavy (non-hydrogen) atoms. The second-order valence-electron chi connectivity index (χ2n) is 4.94. The second kappa shape index (κ2) is 6.93. The number of likely N-dealkylation sites (N-methyl/N-ethyl adjacent to an activating group) is 1. The maximum atomic E-state index is 11.1. The van der Waals surface area contributed by atoms with Crippen LogP contribution in [0.1, 0.15) is 34.6 Å². The molecule has 5 heteroatoms. The first-order valence-electron chi connectivity index (χ1n) is 5.99. The molecule has 1 unspecified atom stereocenters. The number of ether oxygens (including phenoxy) is 1. The summed E-state index contributed by atoms with van der Waals surface area (Å²) in [6.07, 6.45) is -0.608. The third-order valence-corrected chi connectivity index (χ3v) is 2.75. The molecule has 0 aromatic carbocycles. The molecule has 5 nitrogen and oxygen atoms in total. The molecule has 0 aromatic rings. The Bertz CT molecular complexity index is 241. The highest BCUT2D eigenvalue weighted by molar-refractivity contribution is 5.77. The van der Waals surface area contributed by atoms with E-state index in [2.05, 4.69) is 0 Å². The van der Waals surface area contributed by atoms with Crippen molar-refractivity contribution in [2.24, 2.45) is 0 Å². The summed E-state index contributed by atoms with van der Waals surface area (Å²) >= 11 is 0. The van der Waals surface area contributed by atoms with Crippen LogP contribution in [0.4, 0.5) is 0 Å². The minimum absolute atomic E-state index is 0.0622. The van der Waals surface area contributed by atoms with E-state index in [4.69, 9.17) is 9.84 Å². The fourth-order valence-electron chi connectivity index (χ4n) is 1.50. The Balaban J connectivity index is 4.35. The first kappa shape index (κ1) is 16.4. The molecule has 1 atom stereocenters. The average molecular weight is 247 g/mol. The van der Waals surface area contributed by atoms with Crippen LogP contribution in [0.3, 0.4) is 0 Å². The number of aliphatic hydroxyl groups excluding tert-OH is 1. The Morgan fingerprint density at radius 3 is 2.29 bits per heavy atom. The number of aliphatic carboxylic acids is 1. The minimum Gasteiger partial charge on any atom is -0.480 e. The standard InChI is InChI=1S/C12H25NO4/c1-6-13(12(4,5)11(15)16)7-10(14)8-17-9(2)3/h9-10,14H,6-8H2,1-5H3,(H,15,16). The topological polar surface area (TPSA) is 70.0 Å². The Morgan fingerprint density at radius 2 is 1.94 bits per heavy atom. The van der Waals surface area contributed by atoms with Gasteiger partial charge < -0.3 is 14.9 Å². The smallest absolute Gasteiger partial charge is 0.323 e. The van der Waals surface area contributed by atoms with Crippen molar-refractivity contribution in [3.05, 3.63) is 0 Å². The van der Waals surface area contributed by atoms with E-state index in [1.165, 1.54) is 0 Å². The maximum absolute atomic E-state index is 11.1. The van der Waals surface area contributed by atoms with E-state index < -0.39 is 17.6 Å². The zero-order valence-electron chi connectivity index (χ0n) is 11.4. The van der Waals surface area contributed by atoms with Gasteiger partial charge in [0.1, 0.15) is 5.54 Å². The van der Waals surface area contributed by atoms with Gasteiger partial charge in [0.05, 0.1) is 18.8 Å². The molecule has 0 rings (SSSR count). The van der Waals surface area contributed by atoms with E-state index in [1.54, 1.807) is 18.7 Å². The van der Waals surface area contributed by atoms with Crippen LogP contribution in [0.5, 0.6) is 0 Å². The first-order valence-corrected chi connectivity index (χ1v) is 5.99. The molecule has 2 N–H and O–H groups in total. The van der Waals surface area contributed by atoms with Gasteiger partial charge in [-0.1, -0.05) is 6.92 Å². The summed E-state index contributed by atoms with van der Waals surface area (Å²) in [5, 5.41) is 18.9. The molecule has 0 radical (unpaired) electrons. The molecule has 0 fully saturated rings. The summed E-state index contributed by atoms with van der Waals surface area (Å²) in [5.74, 6) is -0.892. The molecule has 0 aliphatic rings. The SMILES string of the molecule is CCN(CC(O)COC(C)C)C(C)(C)C(=O)O. The van der Waals surface area contributed by atoms with Crippen LogP contribution in [-0.4, -0.2) is 58.5 Å². The molecule has 0 amide bonds. The monoisotopic (exact) mass is 247 g/mol. The number of carboxylic acids is 1. The van der Waals surface area contributed by atoms with Gasteiger partial charge in [0.2, 0.25) is 0 Å². The normalized spacial score (nSPS) is 14.4. The summed E-state index contributed by atoms with van der Waals surface area (Å²) in [4.78, 5) is 12.8. The lowest BCUT2D eigenvalue weighted by Crippen LogP contribution is -2.53. The van der Waals surface area contributed by atoms with Crippen molar-refractivity contribution < 1.29 is 19.7 Å². The number of nitrogens with zero attached hydrogens (tertiary/aromatic N) is 1. The highest BCUT2D eigenvalue weighted by Crippen LogP contribution is 2.15. The van der Waals surface area contributed by atoms with Crippen molar-refractivity contribution in [1.82, 2.24) is 4.90 Å². The molecule has 0 aliphatic carbocycles. The Kier molecular flexibility index (Phi) is 6.67. The fraction of sp³-hybridized carbons (Fsp3) is 0.917. The molecule has 0 heterocycles. The van der Waals surface area contributed by atoms with Crippen molar-refractivity contribution in [2.45, 2.75) is 52.4 Å². The predicted octanol–water partition coefficient (Wildman–Crippen LogP) is 0.957. The summed E-state index contributed by atoms with van der Waals surface area (Å²) in [6.45, 7) is 10.0. The number of aliphatic hydroxyl groups is 1. The van der Waals surface area contributed by atoms with Crippen LogP contribution in [0.2, 0.25) is 0 Å². The van der Waals surface area contributed by atoms with Crippen LogP contribution in [0, 0.1) is 0 Å². The quantitative estimate of drug-likeness (QED) is 0.668. The van der Waals surface area contributed by atoms with Gasteiger partial charge in [0.15, 0.2) is 0 Å². The third kappa shape index (κ3) is 5.48. The zero-order chi connectivity index (χ0) is 13.6. The van der Waals surface area contributed by atoms with Crippen LogP contribution in [0.15, 0.2) is 0 Å². The largest absolute Gasteiger partial charge is 0.480 e. The van der Waals surface area contributed by atoms with Crippen molar-refractivity contribution in [1.29, 1.82) is 0 Å². The fourth-order valence-corrected chi connectivity index (χ4v) is 1.50. The minimum atomic E-state index is -0.979. The summed E-state index contributed by atoms with van der Waals surface area (Å²) < 4.78 is 5.30. The van der Waals surface area contributed by atoms with Gasteiger partial charge in [-0.2, -0.15) is 0 Å². The third-order valence-electron chi connectivity index (χ3n) is 2.75. The summed E-state index contributed by atoms with van der Waals surface area (Å²) in [7, 11) is 0. The van der Waals surface area contributed by atoms with Crippen LogP contribution in [0.25, 0.3) is 0 Å². The first-order chi connectivity index (χ1) is 7.71. The van der Waals surface area contributed by atoms with E-state index in [0.717, 1.165) is 0 Å². The Labute approximate surface area is 103 Å². The van der Waals surface area contributed by atoms with Gasteiger partial charge in [-0.15, -0.1) is 0 Å². The van der Waals surface area contributed by atoms with Crippen molar-refractivity contribution in [3.8, 4) is 0 Å². The van der Waals surface area contributed by atoms with E-state index in [-0.39, 0.29) is 12.7 Å². The number of rotatable bonds is 8. The lowest BCUT2D eigenvalue weighted by molar-refractivity contribution is -0.150. The maximum Gasteiger partial charge on any atom is 0.323 e. The molecule has 102 valence electrons. The number of carbonyl (C=O) groups is 1. The van der Waals surface area contributed by atoms with E-state index in [1.807, 2.05) is 20.8 Å². The van der Waals surface area contributed by atoms with Crippen LogP contribution >= 0.6 is 0 Å². The Hall–Kier alpha value is -0.650. The van der Waals surface area contributed by atoms with Crippen LogP contribution in [-0.2, 0) is 9.53 Å². The van der Waals surface area contributed by atoms with Crippen molar-refractivity contribution >= 4 is 5.97 Å². The van der Waals surface area contributed by atoms with Crippen molar-refractivity contribution in [3.63, 3.8) is 0 Å². The number of β-amino-alcohol motifs (C(OH)–C–C–N with tert-alkyl or cyclic N) is 1. The summed E-state index contributed by atoms with van der Waals surface area (Å²) in [6, 6.07) is 0. The molecule has 0 bridgehead atoms. The second-order valence-corrected chi connectivity index (χ2v) is 4.94. The Morgan fingerprint density at radius 1 is 1.41 bits per heavy atom. The van der Waals surface area contributed by atoms with E-state index >= 15 is 0 Å². The molecular weight excluding hydrogens is 222 g/mol. The average Bonchev–Trinajstić information content (AvgIpc) is 2.22. The van der Waals surface area contributed by atoms with E-state index in [9.17, 15) is 9.90 Å². The highest BCUT2D eigenvalue weighted by Gasteiger charge is 2.34. The van der Waals surface area contributed by atoms with Gasteiger partial charge in [-0.3, -0.25) is 9.69 Å². The predicted molar refractivity (Wildman–Crippen MR) is 66.1 cm³/mol. The van der Waals surface area contributed by atoms with Crippen molar-refractivity contribution in [2.75, 3.05) is 19.7 Å². The molecule has 0 saturated carbocycles. The molecule has 0 saturated heterocycles. The number of hydrogen-bond donors (Lipinski definition) is 2. The van der Waals surface area contributed by atoms with Gasteiger partial charge in [-0.25, -0.2) is 0 Å². The molecule has 0 spiro atoms. The van der Waals surface area contributed by atoms with Gasteiger partial charge in [0.25, 0.3) is 0 Å². The molecular formula is C12H25NO4. The van der Waals surface area contributed by atoms with Gasteiger partial charge in [0, 0.05) is 6.54 Å². The molecule has 0 aliphatic heterocycles. The lowest BCUT2D eigenvalue weighted by atomic mass is 10.0. The zero-order valence-corrected chi connectivity index (χ0v) is 11.4. The van der Waals surface area contributed by atoms with Gasteiger partial charge in [-0.05, 0) is 34.2 Å². The summed E-state index contributed by atoms with van der Waals surface area (Å²) in [5.41, 5.74) is -0.979. The van der Waals surface area contributed by atoms with Gasteiger partial charge >= 0.3 is 5.97 Å². The lowest BCUT2D eigenvalue weighted by Gasteiger charge is -2.35. The number of hydrogen-bond acceptors (Lipinski definition) is 4. The highest BCUT2D eigenvalue weighted by atomic mass is 16.5.